The van der Waals surface area contributed by atoms with E-state index in [0.717, 1.165) is 0 Å². The third-order valence-electron chi connectivity index (χ3n) is 10.2. The van der Waals surface area contributed by atoms with Crippen LogP contribution in [0.4, 0.5) is 0 Å². The molecule has 1 rings (SSSR count). The summed E-state index contributed by atoms with van der Waals surface area (Å²) in [7, 11) is 1.52. The van der Waals surface area contributed by atoms with Crippen LogP contribution in [-0.2, 0) is 43.2 Å². The van der Waals surface area contributed by atoms with Crippen LogP contribution in [0.25, 0.3) is 0 Å². The van der Waals surface area contributed by atoms with Gasteiger partial charge in [0, 0.05) is 39.0 Å². The lowest BCUT2D eigenvalue weighted by Gasteiger charge is -2.31. The minimum atomic E-state index is -1.40. The van der Waals surface area contributed by atoms with Crippen LogP contribution in [-0.4, -0.2) is 151 Å². The van der Waals surface area contributed by atoms with Crippen molar-refractivity contribution in [3.05, 3.63) is 0 Å². The van der Waals surface area contributed by atoms with Gasteiger partial charge in [-0.1, -0.05) is 0 Å². The number of hydrogen-bond donors (Lipinski definition) is 18. The van der Waals surface area contributed by atoms with Gasteiger partial charge in [-0.05, 0) is 78.2 Å². The Hall–Kier alpha value is -7.00. The lowest BCUT2D eigenvalue weighted by molar-refractivity contribution is -0.143. The molecule has 24 N–H and O–H groups in total. The number of guanidine groups is 3. The molecule has 28 heteroatoms. The van der Waals surface area contributed by atoms with Gasteiger partial charge in [-0.3, -0.25) is 59.4 Å². The summed E-state index contributed by atoms with van der Waals surface area (Å²) in [5.74, 6) is -8.02. The zero-order valence-electron chi connectivity index (χ0n) is 36.9. The fourth-order valence-corrected chi connectivity index (χ4v) is 6.53. The number of carbonyl (C=O) groups is 9. The molecule has 1 aliphatic rings. The summed E-state index contributed by atoms with van der Waals surface area (Å²) in [4.78, 5) is 119. The van der Waals surface area contributed by atoms with Gasteiger partial charge in [-0.15, -0.1) is 0 Å². The summed E-state index contributed by atoms with van der Waals surface area (Å²) < 4.78 is 0. The van der Waals surface area contributed by atoms with Gasteiger partial charge in [0.25, 0.3) is 0 Å². The molecule has 0 saturated carbocycles. The maximum absolute atomic E-state index is 14.4. The lowest BCUT2D eigenvalue weighted by Crippen LogP contribution is -2.59. The Balaban J connectivity index is 3.45. The first-order valence-corrected chi connectivity index (χ1v) is 21.2. The van der Waals surface area contributed by atoms with E-state index in [1.165, 1.54) is 18.9 Å². The Kier molecular flexibility index (Phi) is 25.3. The molecule has 9 amide bonds. The molecule has 0 unspecified atom stereocenters. The molecule has 0 aromatic rings. The quantitative estimate of drug-likeness (QED) is 0.0174. The summed E-state index contributed by atoms with van der Waals surface area (Å²) in [6.07, 6.45) is -0.106. The van der Waals surface area contributed by atoms with Gasteiger partial charge in [-0.2, -0.15) is 0 Å². The fraction of sp³-hybridized carbons (Fsp3) is 0.676. The molecule has 28 nitrogen and oxygen atoms in total. The average Bonchev–Trinajstić information content (AvgIpc) is 3.73. The number of amides is 9. The van der Waals surface area contributed by atoms with Gasteiger partial charge in [0.15, 0.2) is 17.9 Å². The minimum absolute atomic E-state index is 0.0417. The molecule has 65 heavy (non-hydrogen) atoms. The molecule has 7 atom stereocenters. The lowest BCUT2D eigenvalue weighted by atomic mass is 10.0. The van der Waals surface area contributed by atoms with Crippen LogP contribution in [0.5, 0.6) is 0 Å². The van der Waals surface area contributed by atoms with Gasteiger partial charge in [0.2, 0.25) is 53.2 Å². The van der Waals surface area contributed by atoms with Crippen LogP contribution in [0.3, 0.4) is 0 Å². The van der Waals surface area contributed by atoms with Crippen molar-refractivity contribution in [3.8, 4) is 0 Å². The Morgan fingerprint density at radius 2 is 0.938 bits per heavy atom. The first kappa shape index (κ1) is 56.0. The van der Waals surface area contributed by atoms with Gasteiger partial charge < -0.3 is 87.2 Å². The molecule has 0 radical (unpaired) electrons. The zero-order valence-corrected chi connectivity index (χ0v) is 36.9. The van der Waals surface area contributed by atoms with Crippen LogP contribution < -0.4 is 82.3 Å². The standard InChI is InChI=1S/C37H69N19O9/c1-19(47-2)29(60)52-22(11-13-26(38)57)32(63)53-21(8-4-16-49-36(43)44)30(61)55-24(9-5-17-50-37(45)46)34(65)56-18-6-10-25(56)33(64)54-23(12-14-27(39)58)31(62)51-20(28(40)59)7-3-15-48-35(41)42/h19-25,47H,3-18H2,1-2H3,(H2,38,57)(H2,39,58)(H2,40,59)(H,51,62)(H,52,60)(H,53,63)(H,54,64)(H,55,61)(H4,41,42,48)(H4,43,44,49)(H4,45,46,50)/t19-,20-,21-,22-,23-,24-,25-/m0/s1. The Morgan fingerprint density at radius 3 is 1.37 bits per heavy atom. The van der Waals surface area contributed by atoms with Gasteiger partial charge in [0.1, 0.15) is 36.3 Å². The summed E-state index contributed by atoms with van der Waals surface area (Å²) in [6.45, 7) is 2.00. The minimum Gasteiger partial charge on any atom is -0.370 e. The number of likely N-dealkylation sites (tertiary alicyclic amines) is 1. The zero-order chi connectivity index (χ0) is 49.2. The highest BCUT2D eigenvalue weighted by atomic mass is 16.2. The molecule has 0 aromatic carbocycles. The maximum Gasteiger partial charge on any atom is 0.245 e. The summed E-state index contributed by atoms with van der Waals surface area (Å²) >= 11 is 0. The van der Waals surface area contributed by atoms with Crippen molar-refractivity contribution < 1.29 is 43.2 Å². The van der Waals surface area contributed by atoms with E-state index in [1.807, 2.05) is 0 Å². The molecule has 1 aliphatic heterocycles. The van der Waals surface area contributed by atoms with Gasteiger partial charge >= 0.3 is 0 Å². The highest BCUT2D eigenvalue weighted by Gasteiger charge is 2.40. The molecule has 1 saturated heterocycles. The fourth-order valence-electron chi connectivity index (χ4n) is 6.53. The van der Waals surface area contributed by atoms with Crippen LogP contribution >= 0.6 is 0 Å². The van der Waals surface area contributed by atoms with Crippen molar-refractivity contribution in [1.29, 1.82) is 16.2 Å². The van der Waals surface area contributed by atoms with E-state index >= 15 is 0 Å². The van der Waals surface area contributed by atoms with Crippen molar-refractivity contribution in [2.45, 2.75) is 126 Å². The van der Waals surface area contributed by atoms with Crippen LogP contribution in [0, 0.1) is 16.2 Å². The molecule has 0 aliphatic carbocycles. The third kappa shape index (κ3) is 22.3. The number of nitrogens with one attached hydrogen (secondary N) is 12. The van der Waals surface area contributed by atoms with Crippen LogP contribution in [0.2, 0.25) is 0 Å². The first-order chi connectivity index (χ1) is 30.6. The summed E-state index contributed by atoms with van der Waals surface area (Å²) in [5, 5.41) is 45.6. The molecule has 0 aromatic heterocycles. The molecule has 0 bridgehead atoms. The predicted molar refractivity (Wildman–Crippen MR) is 236 cm³/mol. The number of nitrogens with two attached hydrogens (primary N) is 6. The van der Waals surface area contributed by atoms with Crippen molar-refractivity contribution in [2.24, 2.45) is 34.4 Å². The predicted octanol–water partition coefficient (Wildman–Crippen LogP) is -7.18. The average molecular weight is 924 g/mol. The molecule has 1 fully saturated rings. The number of primary amides is 3. The van der Waals surface area contributed by atoms with Gasteiger partial charge in [0.05, 0.1) is 6.04 Å². The number of nitrogens with zero attached hydrogens (tertiary/aromatic N) is 1. The Morgan fingerprint density at radius 1 is 0.554 bits per heavy atom. The van der Waals surface area contributed by atoms with E-state index in [0.29, 0.717) is 6.42 Å². The van der Waals surface area contributed by atoms with E-state index in [9.17, 15) is 43.2 Å². The second-order valence-corrected chi connectivity index (χ2v) is 15.4. The molecular formula is C37H69N19O9. The van der Waals surface area contributed by atoms with Crippen molar-refractivity contribution >= 4 is 71.0 Å². The Labute approximate surface area is 376 Å². The Bertz CT molecular complexity index is 1720. The maximum atomic E-state index is 14.4. The molecular weight excluding hydrogens is 855 g/mol. The second-order valence-electron chi connectivity index (χ2n) is 15.4. The van der Waals surface area contributed by atoms with E-state index in [-0.39, 0.29) is 115 Å². The number of hydrogen-bond acceptors (Lipinski definition) is 13. The number of rotatable bonds is 31. The highest BCUT2D eigenvalue weighted by Crippen LogP contribution is 2.21. The second kappa shape index (κ2) is 29.4. The van der Waals surface area contributed by atoms with E-state index in [1.54, 1.807) is 0 Å². The van der Waals surface area contributed by atoms with E-state index in [4.69, 9.17) is 50.6 Å². The molecule has 1 heterocycles. The van der Waals surface area contributed by atoms with Gasteiger partial charge in [-0.25, -0.2) is 0 Å². The van der Waals surface area contributed by atoms with Crippen LogP contribution in [0.15, 0.2) is 0 Å². The molecule has 0 spiro atoms. The third-order valence-corrected chi connectivity index (χ3v) is 10.2. The van der Waals surface area contributed by atoms with E-state index in [2.05, 4.69) is 47.9 Å². The SMILES string of the molecule is CN[C@@H](C)C(=O)N[C@@H](CCC(N)=O)C(=O)N[C@@H](CCCNC(=N)N)C(=O)N[C@@H](CCCNC(=N)N)C(=O)N1CCC[C@H]1C(=O)N[C@@H](CCC(N)=O)C(=O)N[C@@H](CCCNC(=N)N)C(N)=O. The summed E-state index contributed by atoms with van der Waals surface area (Å²) in [5.41, 5.74) is 32.3. The monoisotopic (exact) mass is 924 g/mol. The smallest absolute Gasteiger partial charge is 0.245 e. The van der Waals surface area contributed by atoms with Crippen molar-refractivity contribution in [1.82, 2.24) is 52.8 Å². The number of likely N-dealkylation sites (N-methyl/N-ethyl adjacent to an activating group) is 1. The van der Waals surface area contributed by atoms with Crippen molar-refractivity contribution in [3.63, 3.8) is 0 Å². The molecule has 366 valence electrons. The van der Waals surface area contributed by atoms with Crippen LogP contribution in [0.1, 0.15) is 84.0 Å². The number of carbonyl (C=O) groups excluding carboxylic acids is 9. The first-order valence-electron chi connectivity index (χ1n) is 21.2. The topological polar surface area (TPSA) is 493 Å². The van der Waals surface area contributed by atoms with Crippen molar-refractivity contribution in [2.75, 3.05) is 33.2 Å². The normalized spacial score (nSPS) is 15.8. The largest absolute Gasteiger partial charge is 0.370 e. The summed E-state index contributed by atoms with van der Waals surface area (Å²) in [6, 6.07) is -8.50. The van der Waals surface area contributed by atoms with E-state index < -0.39 is 95.5 Å². The highest BCUT2D eigenvalue weighted by molar-refractivity contribution is 5.97.